The molecule has 0 aliphatic heterocycles. The van der Waals surface area contributed by atoms with E-state index in [1.807, 2.05) is 28.9 Å². The molecule has 0 amide bonds. The van der Waals surface area contributed by atoms with E-state index < -0.39 is 11.0 Å². The Balaban J connectivity index is 1.96. The minimum atomic E-state index is -0.458. The van der Waals surface area contributed by atoms with Crippen LogP contribution in [-0.4, -0.2) is 20.7 Å². The second kappa shape index (κ2) is 6.72. The van der Waals surface area contributed by atoms with Crippen molar-refractivity contribution in [2.45, 2.75) is 26.5 Å². The van der Waals surface area contributed by atoms with E-state index >= 15 is 0 Å². The Labute approximate surface area is 144 Å². The highest BCUT2D eigenvalue weighted by molar-refractivity contribution is 5.82. The van der Waals surface area contributed by atoms with E-state index in [1.165, 1.54) is 19.1 Å². The summed E-state index contributed by atoms with van der Waals surface area (Å²) in [6, 6.07) is 14.1. The molecule has 0 spiro atoms. The van der Waals surface area contributed by atoms with Gasteiger partial charge in [0.15, 0.2) is 0 Å². The van der Waals surface area contributed by atoms with Crippen molar-refractivity contribution in [3.8, 4) is 0 Å². The van der Waals surface area contributed by atoms with Gasteiger partial charge in [-0.15, -0.1) is 0 Å². The number of esters is 1. The number of benzene rings is 2. The van der Waals surface area contributed by atoms with Crippen LogP contribution in [0.2, 0.25) is 0 Å². The van der Waals surface area contributed by atoms with Gasteiger partial charge in [0, 0.05) is 24.4 Å². The van der Waals surface area contributed by atoms with E-state index in [9.17, 15) is 14.9 Å². The summed E-state index contributed by atoms with van der Waals surface area (Å²) in [5.74, 6) is -0.360. The number of ether oxygens (including phenoxy) is 1. The number of carbonyl (C=O) groups excluding carboxylic acids is 1. The van der Waals surface area contributed by atoms with E-state index in [1.54, 1.807) is 19.1 Å². The normalized spacial score (nSPS) is 12.1. The Morgan fingerprint density at radius 3 is 2.56 bits per heavy atom. The fourth-order valence-electron chi connectivity index (χ4n) is 2.77. The number of fused-ring (bicyclic) bond motifs is 1. The molecule has 0 fully saturated rings. The Kier molecular flexibility index (Phi) is 4.47. The molecule has 25 heavy (non-hydrogen) atoms. The van der Waals surface area contributed by atoms with Gasteiger partial charge >= 0.3 is 5.97 Å². The maximum Gasteiger partial charge on any atom is 0.303 e. The van der Waals surface area contributed by atoms with Crippen molar-refractivity contribution < 1.29 is 14.5 Å². The molecule has 1 heterocycles. The Bertz CT molecular complexity index is 931. The van der Waals surface area contributed by atoms with Gasteiger partial charge in [-0.3, -0.25) is 19.6 Å². The molecular formula is C18H17N3O4. The lowest BCUT2D eigenvalue weighted by molar-refractivity contribution is -0.384. The van der Waals surface area contributed by atoms with Crippen LogP contribution in [0.25, 0.3) is 10.9 Å². The van der Waals surface area contributed by atoms with Crippen LogP contribution >= 0.6 is 0 Å². The number of carbonyl (C=O) groups is 1. The SMILES string of the molecule is CC(=O)OC(C)c1nn(Cc2ccc([N+](=O)[O-])cc2)c2ccccc12. The first-order valence-corrected chi connectivity index (χ1v) is 7.81. The van der Waals surface area contributed by atoms with Gasteiger partial charge in [-0.25, -0.2) is 0 Å². The molecule has 0 aliphatic carbocycles. The average molecular weight is 339 g/mol. The molecule has 7 heteroatoms. The van der Waals surface area contributed by atoms with Gasteiger partial charge in [-0.1, -0.05) is 30.3 Å². The smallest absolute Gasteiger partial charge is 0.303 e. The minimum absolute atomic E-state index is 0.0539. The molecule has 0 N–H and O–H groups in total. The van der Waals surface area contributed by atoms with Crippen LogP contribution in [0.4, 0.5) is 5.69 Å². The summed E-state index contributed by atoms with van der Waals surface area (Å²) in [6.45, 7) is 3.62. The van der Waals surface area contributed by atoms with Crippen LogP contribution in [0.15, 0.2) is 48.5 Å². The summed E-state index contributed by atoms with van der Waals surface area (Å²) in [4.78, 5) is 21.6. The Hall–Kier alpha value is -3.22. The fraction of sp³-hybridized carbons (Fsp3) is 0.222. The largest absolute Gasteiger partial charge is 0.456 e. The number of nitro groups is 1. The predicted octanol–water partition coefficient (Wildman–Crippen LogP) is 3.62. The number of hydrogen-bond donors (Lipinski definition) is 0. The third kappa shape index (κ3) is 3.50. The maximum atomic E-state index is 11.2. The predicted molar refractivity (Wildman–Crippen MR) is 92.1 cm³/mol. The molecule has 0 saturated carbocycles. The fourth-order valence-corrected chi connectivity index (χ4v) is 2.77. The molecule has 0 bridgehead atoms. The monoisotopic (exact) mass is 339 g/mol. The molecule has 7 nitrogen and oxygen atoms in total. The minimum Gasteiger partial charge on any atom is -0.456 e. The van der Waals surface area contributed by atoms with Crippen molar-refractivity contribution in [1.29, 1.82) is 0 Å². The molecule has 3 aromatic rings. The number of rotatable bonds is 5. The van der Waals surface area contributed by atoms with Crippen LogP contribution in [-0.2, 0) is 16.1 Å². The number of aromatic nitrogens is 2. The van der Waals surface area contributed by atoms with E-state index in [-0.39, 0.29) is 11.7 Å². The lowest BCUT2D eigenvalue weighted by Gasteiger charge is -2.09. The lowest BCUT2D eigenvalue weighted by Crippen LogP contribution is -2.07. The molecule has 1 unspecified atom stereocenters. The lowest BCUT2D eigenvalue weighted by atomic mass is 10.1. The zero-order valence-electron chi connectivity index (χ0n) is 13.9. The molecule has 0 saturated heterocycles. The second-order valence-electron chi connectivity index (χ2n) is 5.74. The first-order chi connectivity index (χ1) is 12.0. The van der Waals surface area contributed by atoms with Gasteiger partial charge < -0.3 is 4.74 Å². The summed E-state index contributed by atoms with van der Waals surface area (Å²) < 4.78 is 7.07. The van der Waals surface area contributed by atoms with Gasteiger partial charge in [0.25, 0.3) is 5.69 Å². The Morgan fingerprint density at radius 2 is 1.92 bits per heavy atom. The third-order valence-electron chi connectivity index (χ3n) is 3.89. The number of para-hydroxylation sites is 1. The topological polar surface area (TPSA) is 87.3 Å². The third-order valence-corrected chi connectivity index (χ3v) is 3.89. The summed E-state index contributed by atoms with van der Waals surface area (Å²) in [5.41, 5.74) is 2.55. The highest BCUT2D eigenvalue weighted by atomic mass is 16.6. The summed E-state index contributed by atoms with van der Waals surface area (Å²) in [7, 11) is 0. The second-order valence-corrected chi connectivity index (χ2v) is 5.74. The Morgan fingerprint density at radius 1 is 1.24 bits per heavy atom. The van der Waals surface area contributed by atoms with E-state index in [0.717, 1.165) is 16.5 Å². The van der Waals surface area contributed by atoms with Crippen molar-refractivity contribution in [1.82, 2.24) is 9.78 Å². The van der Waals surface area contributed by atoms with Crippen LogP contribution in [0.3, 0.4) is 0 Å². The molecule has 128 valence electrons. The van der Waals surface area contributed by atoms with Crippen LogP contribution < -0.4 is 0 Å². The maximum absolute atomic E-state index is 11.2. The van der Waals surface area contributed by atoms with Crippen molar-refractivity contribution in [3.63, 3.8) is 0 Å². The molecule has 2 aromatic carbocycles. The zero-order valence-corrected chi connectivity index (χ0v) is 13.9. The summed E-state index contributed by atoms with van der Waals surface area (Å²) >= 11 is 0. The zero-order chi connectivity index (χ0) is 18.0. The van der Waals surface area contributed by atoms with Gasteiger partial charge in [0.2, 0.25) is 0 Å². The first kappa shape index (κ1) is 16.6. The van der Waals surface area contributed by atoms with Crippen molar-refractivity contribution in [2.75, 3.05) is 0 Å². The average Bonchev–Trinajstić information content (AvgIpc) is 2.94. The molecule has 3 rings (SSSR count). The highest BCUT2D eigenvalue weighted by Crippen LogP contribution is 2.26. The summed E-state index contributed by atoms with van der Waals surface area (Å²) in [6.07, 6.45) is -0.458. The highest BCUT2D eigenvalue weighted by Gasteiger charge is 2.18. The standard InChI is InChI=1S/C18H17N3O4/c1-12(25-13(2)22)18-16-5-3-4-6-17(16)20(19-18)11-14-7-9-15(10-8-14)21(23)24/h3-10,12H,11H2,1-2H3. The first-order valence-electron chi connectivity index (χ1n) is 7.81. The van der Waals surface area contributed by atoms with Gasteiger partial charge in [0.05, 0.1) is 17.0 Å². The van der Waals surface area contributed by atoms with E-state index in [4.69, 9.17) is 4.74 Å². The van der Waals surface area contributed by atoms with Crippen molar-refractivity contribution >= 4 is 22.6 Å². The van der Waals surface area contributed by atoms with Gasteiger partial charge in [-0.05, 0) is 18.6 Å². The van der Waals surface area contributed by atoms with Crippen molar-refractivity contribution in [2.24, 2.45) is 0 Å². The van der Waals surface area contributed by atoms with Gasteiger partial charge in [-0.2, -0.15) is 5.10 Å². The number of non-ortho nitro benzene ring substituents is 1. The van der Waals surface area contributed by atoms with Crippen LogP contribution in [0.1, 0.15) is 31.2 Å². The van der Waals surface area contributed by atoms with E-state index in [2.05, 4.69) is 5.10 Å². The van der Waals surface area contributed by atoms with Gasteiger partial charge in [0.1, 0.15) is 11.8 Å². The summed E-state index contributed by atoms with van der Waals surface area (Å²) in [5, 5.41) is 16.3. The quantitative estimate of drug-likeness (QED) is 0.402. The van der Waals surface area contributed by atoms with Crippen LogP contribution in [0, 0.1) is 10.1 Å². The number of nitro benzene ring substituents is 1. The number of hydrogen-bond acceptors (Lipinski definition) is 5. The number of nitrogens with zero attached hydrogens (tertiary/aromatic N) is 3. The van der Waals surface area contributed by atoms with Crippen LogP contribution in [0.5, 0.6) is 0 Å². The van der Waals surface area contributed by atoms with Crippen molar-refractivity contribution in [3.05, 3.63) is 69.9 Å². The molecular weight excluding hydrogens is 322 g/mol. The molecule has 1 aromatic heterocycles. The molecule has 0 radical (unpaired) electrons. The molecule has 1 atom stereocenters. The van der Waals surface area contributed by atoms with E-state index in [0.29, 0.717) is 12.2 Å². The molecule has 0 aliphatic rings.